The Hall–Kier alpha value is 0.820. The molecule has 11 heavy (non-hydrogen) atoms. The van der Waals surface area contributed by atoms with Crippen molar-refractivity contribution in [3.05, 3.63) is 0 Å². The first kappa shape index (κ1) is 11.8. The third kappa shape index (κ3) is 2.98. The summed E-state index contributed by atoms with van der Waals surface area (Å²) in [6.07, 6.45) is 4.82. The van der Waals surface area contributed by atoms with Crippen molar-refractivity contribution in [2.75, 3.05) is 0 Å². The fourth-order valence-electron chi connectivity index (χ4n) is 1.33. The van der Waals surface area contributed by atoms with Crippen molar-refractivity contribution in [3.8, 4) is 0 Å². The number of carboxylic acid groups (broad SMARTS) is 1. The number of alkyl halides is 1. The van der Waals surface area contributed by atoms with Crippen LogP contribution in [0.15, 0.2) is 0 Å². The summed E-state index contributed by atoms with van der Waals surface area (Å²) in [6.45, 7) is 0. The zero-order chi connectivity index (χ0) is 7.61. The maximum atomic E-state index is 10.6. The van der Waals surface area contributed by atoms with Crippen LogP contribution in [0, 0.1) is 0 Å². The first-order valence-corrected chi connectivity index (χ1v) is 4.37. The fraction of sp³-hybridized carbons (Fsp3) is 0.857. The molecule has 1 rings (SSSR count). The molecule has 1 saturated carbocycles. The first-order valence-electron chi connectivity index (χ1n) is 3.57. The van der Waals surface area contributed by atoms with Gasteiger partial charge < -0.3 is 5.11 Å². The van der Waals surface area contributed by atoms with Crippen molar-refractivity contribution in [3.63, 3.8) is 0 Å². The third-order valence-electron chi connectivity index (χ3n) is 2.03. The van der Waals surface area contributed by atoms with Crippen molar-refractivity contribution >= 4 is 47.7 Å². The molecule has 0 unspecified atom stereocenters. The number of hydrogen-bond donors (Lipinski definition) is 1. The number of carboxylic acids is 1. The summed E-state index contributed by atoms with van der Waals surface area (Å²) in [7, 11) is 0. The summed E-state index contributed by atoms with van der Waals surface area (Å²) in [5, 5.41) is 8.75. The van der Waals surface area contributed by atoms with Gasteiger partial charge in [0, 0.05) is 0 Å². The molecular weight excluding hydrogens is 311 g/mol. The fourth-order valence-corrected chi connectivity index (χ4v) is 1.89. The van der Waals surface area contributed by atoms with Gasteiger partial charge >= 0.3 is 31.8 Å². The first-order chi connectivity index (χ1) is 4.65. The summed E-state index contributed by atoms with van der Waals surface area (Å²) in [5.74, 6) is -0.702. The molecule has 0 atom stereocenters. The Morgan fingerprint density at radius 3 is 2.00 bits per heavy atom. The molecule has 0 amide bonds. The van der Waals surface area contributed by atoms with Gasteiger partial charge in [-0.2, -0.15) is 0 Å². The van der Waals surface area contributed by atoms with Crippen LogP contribution < -0.4 is 0 Å². The Morgan fingerprint density at radius 2 is 1.73 bits per heavy atom. The van der Waals surface area contributed by atoms with Crippen molar-refractivity contribution in [1.29, 1.82) is 0 Å². The van der Waals surface area contributed by atoms with E-state index in [1.165, 1.54) is 6.42 Å². The Bertz CT molecular complexity index is 143. The molecule has 0 saturated heterocycles. The molecule has 1 aliphatic carbocycles. The van der Waals surface area contributed by atoms with Crippen molar-refractivity contribution in [2.24, 2.45) is 0 Å². The van der Waals surface area contributed by atoms with Gasteiger partial charge in [-0.3, -0.25) is 4.79 Å². The summed E-state index contributed by atoms with van der Waals surface area (Å²) >= 11 is 3.26. The number of halogens is 1. The maximum absolute atomic E-state index is 10.6. The van der Waals surface area contributed by atoms with Crippen LogP contribution in [0.2, 0.25) is 0 Å². The molecule has 0 heterocycles. The molecule has 1 aliphatic rings. The van der Waals surface area contributed by atoms with Crippen molar-refractivity contribution in [1.82, 2.24) is 0 Å². The molecule has 0 aliphatic heterocycles. The molecule has 0 aromatic heterocycles. The number of hydrogen-bond acceptors (Lipinski definition) is 1. The average Bonchev–Trinajstić information content (AvgIpc) is 1.89. The van der Waals surface area contributed by atoms with Gasteiger partial charge in [-0.1, -0.05) is 35.2 Å². The molecule has 0 aromatic rings. The average molecular weight is 325 g/mol. The Labute approximate surface area is 93.7 Å². The topological polar surface area (TPSA) is 37.3 Å². The van der Waals surface area contributed by atoms with E-state index in [-0.39, 0.29) is 25.8 Å². The molecular formula is C7H14BrInO2. The van der Waals surface area contributed by atoms with Crippen molar-refractivity contribution < 1.29 is 9.90 Å². The number of rotatable bonds is 1. The molecule has 4 heteroatoms. The Balaban J connectivity index is 0.000001000. The summed E-state index contributed by atoms with van der Waals surface area (Å²) in [6, 6.07) is 0. The van der Waals surface area contributed by atoms with E-state index in [1.54, 1.807) is 0 Å². The van der Waals surface area contributed by atoms with Gasteiger partial charge in [0.25, 0.3) is 0 Å². The summed E-state index contributed by atoms with van der Waals surface area (Å²) < 4.78 is -0.592. The molecule has 64 valence electrons. The predicted molar refractivity (Wildman–Crippen MR) is 52.3 cm³/mol. The van der Waals surface area contributed by atoms with Gasteiger partial charge in [-0.15, -0.1) is 0 Å². The zero-order valence-electron chi connectivity index (χ0n) is 5.77. The zero-order valence-corrected chi connectivity index (χ0v) is 7.35. The third-order valence-corrected chi connectivity index (χ3v) is 3.16. The summed E-state index contributed by atoms with van der Waals surface area (Å²) in [5.41, 5.74) is 0. The van der Waals surface area contributed by atoms with Crippen LogP contribution in [0.3, 0.4) is 0 Å². The Kier molecular flexibility index (Phi) is 5.10. The minimum atomic E-state index is -0.702. The van der Waals surface area contributed by atoms with Gasteiger partial charge in [0.05, 0.1) is 0 Å². The van der Waals surface area contributed by atoms with E-state index >= 15 is 0 Å². The van der Waals surface area contributed by atoms with Crippen LogP contribution in [-0.2, 0) is 4.79 Å². The SMILES string of the molecule is O=C(O)C1(Br)CCCCC1.[InH3]. The molecule has 1 fully saturated rings. The van der Waals surface area contributed by atoms with E-state index in [9.17, 15) is 4.79 Å². The van der Waals surface area contributed by atoms with E-state index in [0.29, 0.717) is 0 Å². The van der Waals surface area contributed by atoms with E-state index < -0.39 is 10.3 Å². The van der Waals surface area contributed by atoms with E-state index in [1.807, 2.05) is 0 Å². The number of carbonyl (C=O) groups is 1. The molecule has 0 spiro atoms. The minimum absolute atomic E-state index is 0. The second-order valence-corrected chi connectivity index (χ2v) is 4.35. The Morgan fingerprint density at radius 1 is 1.27 bits per heavy atom. The molecule has 2 nitrogen and oxygen atoms in total. The normalized spacial score (nSPS) is 21.9. The monoisotopic (exact) mass is 324 g/mol. The van der Waals surface area contributed by atoms with Crippen LogP contribution >= 0.6 is 15.9 Å². The van der Waals surface area contributed by atoms with E-state index in [2.05, 4.69) is 15.9 Å². The summed E-state index contributed by atoms with van der Waals surface area (Å²) in [4.78, 5) is 10.6. The second-order valence-electron chi connectivity index (χ2n) is 2.83. The van der Waals surface area contributed by atoms with Crippen LogP contribution in [0.5, 0.6) is 0 Å². The van der Waals surface area contributed by atoms with Gasteiger partial charge in [0.2, 0.25) is 0 Å². The molecule has 0 radical (unpaired) electrons. The van der Waals surface area contributed by atoms with Crippen LogP contribution in [0.1, 0.15) is 32.1 Å². The number of aliphatic carboxylic acids is 1. The quantitative estimate of drug-likeness (QED) is 0.730. The molecule has 0 aromatic carbocycles. The van der Waals surface area contributed by atoms with Crippen LogP contribution in [-0.4, -0.2) is 41.2 Å². The van der Waals surface area contributed by atoms with Gasteiger partial charge in [-0.05, 0) is 12.8 Å². The van der Waals surface area contributed by atoms with Gasteiger partial charge in [0.15, 0.2) is 0 Å². The predicted octanol–water partition coefficient (Wildman–Crippen LogP) is 0.985. The van der Waals surface area contributed by atoms with E-state index in [4.69, 9.17) is 5.11 Å². The molecule has 0 bridgehead atoms. The second kappa shape index (κ2) is 4.75. The molecule has 1 N–H and O–H groups in total. The van der Waals surface area contributed by atoms with Crippen LogP contribution in [0.4, 0.5) is 0 Å². The standard InChI is InChI=1S/C7H11BrO2.In.3H/c8-7(6(9)10)4-2-1-3-5-7;;;;/h1-5H2,(H,9,10);;;;. The van der Waals surface area contributed by atoms with E-state index in [0.717, 1.165) is 25.7 Å². The van der Waals surface area contributed by atoms with Gasteiger partial charge in [-0.25, -0.2) is 0 Å². The van der Waals surface area contributed by atoms with Gasteiger partial charge in [0.1, 0.15) is 4.32 Å². The van der Waals surface area contributed by atoms with Crippen LogP contribution in [0.25, 0.3) is 0 Å². The van der Waals surface area contributed by atoms with Crippen molar-refractivity contribution in [2.45, 2.75) is 36.4 Å².